The van der Waals surface area contributed by atoms with E-state index in [2.05, 4.69) is 5.32 Å². The maximum Gasteiger partial charge on any atom is 0.264 e. The van der Waals surface area contributed by atoms with Gasteiger partial charge in [-0.2, -0.15) is 0 Å². The van der Waals surface area contributed by atoms with Crippen LogP contribution in [-0.2, 0) is 32.6 Å². The highest BCUT2D eigenvalue weighted by Crippen LogP contribution is 2.27. The van der Waals surface area contributed by atoms with Gasteiger partial charge in [0.25, 0.3) is 10.0 Å². The van der Waals surface area contributed by atoms with Crippen molar-refractivity contribution >= 4 is 27.5 Å². The van der Waals surface area contributed by atoms with Gasteiger partial charge in [-0.15, -0.1) is 0 Å². The van der Waals surface area contributed by atoms with Crippen LogP contribution in [0.15, 0.2) is 108 Å². The van der Waals surface area contributed by atoms with Crippen molar-refractivity contribution in [1.29, 1.82) is 0 Å². The van der Waals surface area contributed by atoms with Crippen LogP contribution in [0, 0.1) is 12.7 Å². The summed E-state index contributed by atoms with van der Waals surface area (Å²) >= 11 is 0. The van der Waals surface area contributed by atoms with Crippen molar-refractivity contribution in [1.82, 2.24) is 10.2 Å². The summed E-state index contributed by atoms with van der Waals surface area (Å²) in [5.74, 6) is -1.14. The lowest BCUT2D eigenvalue weighted by molar-refractivity contribution is -0.140. The lowest BCUT2D eigenvalue weighted by Gasteiger charge is -2.34. The molecule has 0 radical (unpaired) electrons. The number of benzene rings is 4. The summed E-state index contributed by atoms with van der Waals surface area (Å²) in [4.78, 5) is 29.6. The first-order valence-electron chi connectivity index (χ1n) is 15.1. The molecule has 0 fully saturated rings. The fraction of sp³-hybridized carbons (Fsp3) is 0.278. The molecule has 46 heavy (non-hydrogen) atoms. The predicted octanol–water partition coefficient (Wildman–Crippen LogP) is 5.89. The summed E-state index contributed by atoms with van der Waals surface area (Å²) in [6.45, 7) is 4.79. The van der Waals surface area contributed by atoms with E-state index in [0.717, 1.165) is 15.4 Å². The Morgan fingerprint density at radius 1 is 0.891 bits per heavy atom. The number of aryl methyl sites for hydroxylation is 1. The van der Waals surface area contributed by atoms with Crippen LogP contribution in [0.5, 0.6) is 5.75 Å². The number of carbonyl (C=O) groups excluding carboxylic acids is 2. The van der Waals surface area contributed by atoms with Crippen molar-refractivity contribution in [2.45, 2.75) is 57.1 Å². The number of halogens is 1. The molecule has 0 spiro atoms. The van der Waals surface area contributed by atoms with Crippen molar-refractivity contribution in [3.8, 4) is 5.75 Å². The van der Waals surface area contributed by atoms with Crippen molar-refractivity contribution in [3.05, 3.63) is 126 Å². The van der Waals surface area contributed by atoms with Crippen molar-refractivity contribution in [3.63, 3.8) is 0 Å². The summed E-state index contributed by atoms with van der Waals surface area (Å²) in [5.41, 5.74) is 2.16. The monoisotopic (exact) mass is 645 g/mol. The Hall–Kier alpha value is -4.70. The van der Waals surface area contributed by atoms with Gasteiger partial charge in [0.2, 0.25) is 11.8 Å². The van der Waals surface area contributed by atoms with E-state index in [-0.39, 0.29) is 35.2 Å². The molecule has 4 rings (SSSR count). The van der Waals surface area contributed by atoms with E-state index in [4.69, 9.17) is 4.74 Å². The Morgan fingerprint density at radius 2 is 1.52 bits per heavy atom. The summed E-state index contributed by atoms with van der Waals surface area (Å²) in [6, 6.07) is 26.7. The third-order valence-electron chi connectivity index (χ3n) is 7.82. The van der Waals surface area contributed by atoms with Gasteiger partial charge in [0.1, 0.15) is 24.2 Å². The van der Waals surface area contributed by atoms with E-state index < -0.39 is 40.2 Å². The van der Waals surface area contributed by atoms with Gasteiger partial charge in [0.15, 0.2) is 0 Å². The second-order valence-corrected chi connectivity index (χ2v) is 13.0. The highest BCUT2D eigenvalue weighted by molar-refractivity contribution is 7.92. The quantitative estimate of drug-likeness (QED) is 0.185. The summed E-state index contributed by atoms with van der Waals surface area (Å²) < 4.78 is 49.6. The van der Waals surface area contributed by atoms with E-state index in [9.17, 15) is 18.0 Å². The van der Waals surface area contributed by atoms with Gasteiger partial charge in [0.05, 0.1) is 17.7 Å². The topological polar surface area (TPSA) is 96.0 Å². The minimum Gasteiger partial charge on any atom is -0.497 e. The number of rotatable bonds is 14. The maximum atomic E-state index is 15.1. The lowest BCUT2D eigenvalue weighted by Crippen LogP contribution is -2.54. The van der Waals surface area contributed by atoms with Gasteiger partial charge < -0.3 is 15.0 Å². The van der Waals surface area contributed by atoms with E-state index in [1.54, 1.807) is 42.5 Å². The van der Waals surface area contributed by atoms with Crippen molar-refractivity contribution in [2.75, 3.05) is 18.0 Å². The van der Waals surface area contributed by atoms with Gasteiger partial charge in [-0.05, 0) is 68.3 Å². The molecule has 2 amide bonds. The Kier molecular flexibility index (Phi) is 11.5. The van der Waals surface area contributed by atoms with Crippen LogP contribution in [0.1, 0.15) is 37.0 Å². The first-order chi connectivity index (χ1) is 22.0. The van der Waals surface area contributed by atoms with Crippen LogP contribution in [0.3, 0.4) is 0 Å². The van der Waals surface area contributed by atoms with Crippen LogP contribution in [0.4, 0.5) is 10.1 Å². The summed E-state index contributed by atoms with van der Waals surface area (Å²) in [6.07, 6.45) is 0.797. The van der Waals surface area contributed by atoms with Crippen LogP contribution in [-0.4, -0.2) is 50.9 Å². The molecule has 242 valence electrons. The molecule has 1 N–H and O–H groups in total. The molecule has 8 nitrogen and oxygen atoms in total. The SMILES string of the molecule is CC[C@H](C)NC(=O)[C@H](Cc1ccccc1)N(Cc1ccccc1F)C(=O)CN(c1ccc(C)cc1)S(=O)(=O)c1ccc(OC)cc1. The molecule has 0 bridgehead atoms. The number of anilines is 1. The molecule has 0 saturated heterocycles. The third-order valence-corrected chi connectivity index (χ3v) is 9.61. The first kappa shape index (κ1) is 34.2. The number of amides is 2. The molecule has 0 aliphatic heterocycles. The zero-order valence-electron chi connectivity index (χ0n) is 26.5. The fourth-order valence-electron chi connectivity index (χ4n) is 4.92. The number of hydrogen-bond donors (Lipinski definition) is 1. The van der Waals surface area contributed by atoms with Crippen LogP contribution in [0.25, 0.3) is 0 Å². The van der Waals surface area contributed by atoms with Crippen LogP contribution >= 0.6 is 0 Å². The standard InChI is InChI=1S/C36H40FN3O5S/c1-5-27(3)38-36(42)34(23-28-11-7-6-8-12-28)39(24-29-13-9-10-14-33(29)37)35(41)25-40(30-17-15-26(2)16-18-30)46(43,44)32-21-19-31(45-4)20-22-32/h6-22,27,34H,5,23-25H2,1-4H3,(H,38,42)/t27-,34-/m0/s1. The number of carbonyl (C=O) groups is 2. The Balaban J connectivity index is 1.81. The minimum atomic E-state index is -4.27. The van der Waals surface area contributed by atoms with Gasteiger partial charge >= 0.3 is 0 Å². The number of nitrogens with zero attached hydrogens (tertiary/aromatic N) is 2. The molecule has 2 atom stereocenters. The molecule has 4 aromatic rings. The third kappa shape index (κ3) is 8.51. The smallest absolute Gasteiger partial charge is 0.264 e. The number of hydrogen-bond acceptors (Lipinski definition) is 5. The van der Waals surface area contributed by atoms with Crippen LogP contribution < -0.4 is 14.4 Å². The van der Waals surface area contributed by atoms with Crippen molar-refractivity contribution < 1.29 is 27.1 Å². The molecular formula is C36H40FN3O5S. The molecule has 4 aromatic carbocycles. The Morgan fingerprint density at radius 3 is 2.13 bits per heavy atom. The van der Waals surface area contributed by atoms with E-state index in [0.29, 0.717) is 12.2 Å². The molecule has 10 heteroatoms. The summed E-state index contributed by atoms with van der Waals surface area (Å²) in [5, 5.41) is 2.97. The minimum absolute atomic E-state index is 0.0438. The molecule has 0 heterocycles. The van der Waals surface area contributed by atoms with Gasteiger partial charge in [0, 0.05) is 24.6 Å². The van der Waals surface area contributed by atoms with E-state index in [1.165, 1.54) is 42.3 Å². The normalized spacial score (nSPS) is 12.5. The average Bonchev–Trinajstić information content (AvgIpc) is 3.06. The van der Waals surface area contributed by atoms with Crippen LogP contribution in [0.2, 0.25) is 0 Å². The first-order valence-corrected chi connectivity index (χ1v) is 16.6. The number of sulfonamides is 1. The van der Waals surface area contributed by atoms with E-state index >= 15 is 4.39 Å². The molecule has 0 aliphatic rings. The summed E-state index contributed by atoms with van der Waals surface area (Å²) in [7, 11) is -2.79. The Labute approximate surface area is 270 Å². The van der Waals surface area contributed by atoms with Crippen molar-refractivity contribution in [2.24, 2.45) is 0 Å². The molecule has 0 aliphatic carbocycles. The van der Waals surface area contributed by atoms with Gasteiger partial charge in [-0.25, -0.2) is 12.8 Å². The lowest BCUT2D eigenvalue weighted by atomic mass is 10.0. The molecule has 0 aromatic heterocycles. The maximum absolute atomic E-state index is 15.1. The van der Waals surface area contributed by atoms with Gasteiger partial charge in [-0.1, -0.05) is 73.2 Å². The second-order valence-electron chi connectivity index (χ2n) is 11.2. The van der Waals surface area contributed by atoms with E-state index in [1.807, 2.05) is 51.1 Å². The second kappa shape index (κ2) is 15.5. The largest absolute Gasteiger partial charge is 0.497 e. The molecular weight excluding hydrogens is 605 g/mol. The molecule has 0 unspecified atom stereocenters. The number of nitrogens with one attached hydrogen (secondary N) is 1. The molecule has 0 saturated carbocycles. The Bertz CT molecular complexity index is 1720. The zero-order chi connectivity index (χ0) is 33.3. The highest BCUT2D eigenvalue weighted by atomic mass is 32.2. The predicted molar refractivity (Wildman–Crippen MR) is 177 cm³/mol. The number of ether oxygens (including phenoxy) is 1. The number of methoxy groups -OCH3 is 1. The van der Waals surface area contributed by atoms with Gasteiger partial charge in [-0.3, -0.25) is 13.9 Å². The highest BCUT2D eigenvalue weighted by Gasteiger charge is 2.35. The zero-order valence-corrected chi connectivity index (χ0v) is 27.3. The average molecular weight is 646 g/mol. The fourth-order valence-corrected chi connectivity index (χ4v) is 6.33.